The minimum absolute atomic E-state index is 0.364. The van der Waals surface area contributed by atoms with Crippen LogP contribution in [0.5, 0.6) is 0 Å². The van der Waals surface area contributed by atoms with E-state index in [-0.39, 0.29) is 0 Å². The normalized spacial score (nSPS) is 9.55. The average molecular weight is 215 g/mol. The van der Waals surface area contributed by atoms with Gasteiger partial charge in [-0.25, -0.2) is 0 Å². The van der Waals surface area contributed by atoms with Gasteiger partial charge in [-0.3, -0.25) is 4.68 Å². The number of hydrogen-bond acceptors (Lipinski definition) is 3. The molecule has 5 heteroatoms. The molecule has 1 rings (SSSR count). The van der Waals surface area contributed by atoms with Gasteiger partial charge in [0.1, 0.15) is 6.07 Å². The molecule has 58 valence electrons. The Morgan fingerprint density at radius 2 is 2.45 bits per heavy atom. The van der Waals surface area contributed by atoms with Crippen LogP contribution in [-0.4, -0.2) is 9.78 Å². The number of aromatic nitrogens is 2. The Kier molecular flexibility index (Phi) is 2.15. The molecular formula is C6H7BrN4. The molecule has 0 saturated carbocycles. The average Bonchev–Trinajstić information content (AvgIpc) is 2.28. The van der Waals surface area contributed by atoms with E-state index in [1.807, 2.05) is 13.0 Å². The molecule has 0 bridgehead atoms. The molecule has 0 aromatic carbocycles. The Balaban J connectivity index is 3.29. The molecule has 0 amide bonds. The highest BCUT2D eigenvalue weighted by molar-refractivity contribution is 9.10. The first-order chi connectivity index (χ1) is 5.20. The van der Waals surface area contributed by atoms with Crippen LogP contribution in [0.4, 0.5) is 5.82 Å². The number of nitrogens with zero attached hydrogens (tertiary/aromatic N) is 3. The summed E-state index contributed by atoms with van der Waals surface area (Å²) in [5, 5.41) is 12.6. The lowest BCUT2D eigenvalue weighted by Gasteiger charge is -1.93. The smallest absolute Gasteiger partial charge is 0.161 e. The lowest BCUT2D eigenvalue weighted by molar-refractivity contribution is 0.654. The number of nitrogen functional groups attached to an aromatic ring is 1. The molecule has 0 atom stereocenters. The van der Waals surface area contributed by atoms with Gasteiger partial charge in [-0.2, -0.15) is 10.4 Å². The highest BCUT2D eigenvalue weighted by atomic mass is 79.9. The van der Waals surface area contributed by atoms with Crippen LogP contribution >= 0.6 is 15.9 Å². The van der Waals surface area contributed by atoms with Crippen LogP contribution in [-0.2, 0) is 6.54 Å². The fraction of sp³-hybridized carbons (Fsp3) is 0.333. The van der Waals surface area contributed by atoms with Crippen molar-refractivity contribution in [2.24, 2.45) is 0 Å². The van der Waals surface area contributed by atoms with Crippen molar-refractivity contribution in [2.45, 2.75) is 13.5 Å². The Morgan fingerprint density at radius 3 is 2.82 bits per heavy atom. The number of rotatable bonds is 1. The third-order valence-corrected chi connectivity index (χ3v) is 2.11. The number of anilines is 1. The number of aryl methyl sites for hydroxylation is 1. The van der Waals surface area contributed by atoms with Crippen LogP contribution in [0.25, 0.3) is 0 Å². The third kappa shape index (κ3) is 1.21. The van der Waals surface area contributed by atoms with E-state index in [0.29, 0.717) is 22.5 Å². The van der Waals surface area contributed by atoms with Crippen molar-refractivity contribution in [2.75, 3.05) is 5.73 Å². The monoisotopic (exact) mass is 214 g/mol. The summed E-state index contributed by atoms with van der Waals surface area (Å²) in [6, 6.07) is 2.01. The maximum Gasteiger partial charge on any atom is 0.161 e. The highest BCUT2D eigenvalue weighted by Crippen LogP contribution is 2.22. The summed E-state index contributed by atoms with van der Waals surface area (Å²) in [6.45, 7) is 2.55. The minimum Gasteiger partial charge on any atom is -0.381 e. The van der Waals surface area contributed by atoms with Crippen molar-refractivity contribution in [3.63, 3.8) is 0 Å². The summed E-state index contributed by atoms with van der Waals surface area (Å²) >= 11 is 3.17. The number of hydrogen-bond donors (Lipinski definition) is 1. The molecule has 0 radical (unpaired) electrons. The first kappa shape index (κ1) is 8.08. The molecule has 0 spiro atoms. The van der Waals surface area contributed by atoms with Gasteiger partial charge in [-0.05, 0) is 22.9 Å². The quantitative estimate of drug-likeness (QED) is 0.763. The first-order valence-electron chi connectivity index (χ1n) is 3.12. The van der Waals surface area contributed by atoms with E-state index in [0.717, 1.165) is 0 Å². The second kappa shape index (κ2) is 2.93. The van der Waals surface area contributed by atoms with Gasteiger partial charge in [0.25, 0.3) is 0 Å². The van der Waals surface area contributed by atoms with Crippen LogP contribution in [0.2, 0.25) is 0 Å². The molecule has 0 unspecified atom stereocenters. The van der Waals surface area contributed by atoms with E-state index < -0.39 is 0 Å². The molecule has 4 nitrogen and oxygen atoms in total. The zero-order valence-corrected chi connectivity index (χ0v) is 7.59. The number of nitrogens with two attached hydrogens (primary N) is 1. The second-order valence-electron chi connectivity index (χ2n) is 1.98. The van der Waals surface area contributed by atoms with Crippen molar-refractivity contribution in [1.82, 2.24) is 9.78 Å². The molecule has 1 aromatic heterocycles. The molecule has 0 saturated heterocycles. The molecule has 0 aliphatic rings. The van der Waals surface area contributed by atoms with Gasteiger partial charge in [0.05, 0.1) is 4.47 Å². The molecule has 1 aromatic rings. The van der Waals surface area contributed by atoms with Gasteiger partial charge in [-0.1, -0.05) is 0 Å². The SMILES string of the molecule is CCn1nc(N)c(Br)c1C#N. The zero-order chi connectivity index (χ0) is 8.43. The third-order valence-electron chi connectivity index (χ3n) is 1.32. The van der Waals surface area contributed by atoms with E-state index in [2.05, 4.69) is 21.0 Å². The van der Waals surface area contributed by atoms with Crippen molar-refractivity contribution in [1.29, 1.82) is 5.26 Å². The van der Waals surface area contributed by atoms with Crippen molar-refractivity contribution < 1.29 is 0 Å². The zero-order valence-electron chi connectivity index (χ0n) is 6.00. The van der Waals surface area contributed by atoms with Crippen LogP contribution < -0.4 is 5.73 Å². The fourth-order valence-corrected chi connectivity index (χ4v) is 1.17. The number of nitriles is 1. The maximum atomic E-state index is 8.65. The highest BCUT2D eigenvalue weighted by Gasteiger charge is 2.10. The van der Waals surface area contributed by atoms with Crippen molar-refractivity contribution >= 4 is 21.7 Å². The van der Waals surface area contributed by atoms with E-state index in [1.54, 1.807) is 4.68 Å². The van der Waals surface area contributed by atoms with E-state index in [4.69, 9.17) is 11.0 Å². The van der Waals surface area contributed by atoms with E-state index in [9.17, 15) is 0 Å². The fourth-order valence-electron chi connectivity index (χ4n) is 0.794. The van der Waals surface area contributed by atoms with Gasteiger partial charge in [0, 0.05) is 6.54 Å². The molecule has 11 heavy (non-hydrogen) atoms. The van der Waals surface area contributed by atoms with Crippen molar-refractivity contribution in [3.05, 3.63) is 10.2 Å². The van der Waals surface area contributed by atoms with E-state index in [1.165, 1.54) is 0 Å². The largest absolute Gasteiger partial charge is 0.381 e. The van der Waals surface area contributed by atoms with Crippen LogP contribution in [0, 0.1) is 11.3 Å². The van der Waals surface area contributed by atoms with Crippen LogP contribution in [0.1, 0.15) is 12.6 Å². The lowest BCUT2D eigenvalue weighted by atomic mass is 10.4. The lowest BCUT2D eigenvalue weighted by Crippen LogP contribution is -1.99. The van der Waals surface area contributed by atoms with Gasteiger partial charge in [-0.15, -0.1) is 0 Å². The molecule has 0 aliphatic heterocycles. The molecule has 2 N–H and O–H groups in total. The van der Waals surface area contributed by atoms with Gasteiger partial charge < -0.3 is 5.73 Å². The Hall–Kier alpha value is -1.02. The topological polar surface area (TPSA) is 67.6 Å². The first-order valence-corrected chi connectivity index (χ1v) is 3.91. The van der Waals surface area contributed by atoms with Crippen LogP contribution in [0.15, 0.2) is 4.47 Å². The molecule has 0 aliphatic carbocycles. The minimum atomic E-state index is 0.364. The van der Waals surface area contributed by atoms with E-state index >= 15 is 0 Å². The predicted molar refractivity (Wildman–Crippen MR) is 44.7 cm³/mol. The summed E-state index contributed by atoms with van der Waals surface area (Å²) in [7, 11) is 0. The molecule has 1 heterocycles. The van der Waals surface area contributed by atoms with Gasteiger partial charge in [0.2, 0.25) is 0 Å². The van der Waals surface area contributed by atoms with Gasteiger partial charge in [0.15, 0.2) is 11.5 Å². The molecule has 0 fully saturated rings. The molecular weight excluding hydrogens is 208 g/mol. The summed E-state index contributed by atoms with van der Waals surface area (Å²) in [6.07, 6.45) is 0. The summed E-state index contributed by atoms with van der Waals surface area (Å²) in [5.41, 5.74) is 5.94. The predicted octanol–water partition coefficient (Wildman–Crippen LogP) is 1.12. The Labute approximate surface area is 72.7 Å². The number of halogens is 1. The summed E-state index contributed by atoms with van der Waals surface area (Å²) in [5.74, 6) is 0.364. The Bertz CT molecular complexity index is 309. The van der Waals surface area contributed by atoms with Crippen LogP contribution in [0.3, 0.4) is 0 Å². The van der Waals surface area contributed by atoms with Gasteiger partial charge >= 0.3 is 0 Å². The van der Waals surface area contributed by atoms with Crippen molar-refractivity contribution in [3.8, 4) is 6.07 Å². The Morgan fingerprint density at radius 1 is 1.82 bits per heavy atom. The summed E-state index contributed by atoms with van der Waals surface area (Å²) in [4.78, 5) is 0. The standard InChI is InChI=1S/C6H7BrN4/c1-2-11-4(3-8)5(7)6(9)10-11/h2H2,1H3,(H2,9,10). The maximum absolute atomic E-state index is 8.65. The second-order valence-corrected chi connectivity index (χ2v) is 2.77. The summed E-state index contributed by atoms with van der Waals surface area (Å²) < 4.78 is 2.14.